The van der Waals surface area contributed by atoms with Crippen molar-refractivity contribution >= 4 is 92.1 Å². The number of amides is 3. The molecule has 7 aliphatic rings. The number of hydrogen-bond acceptors (Lipinski definition) is 25. The highest BCUT2D eigenvalue weighted by Crippen LogP contribution is 2.55. The fourth-order valence-corrected chi connectivity index (χ4v) is 14.5. The van der Waals surface area contributed by atoms with Crippen molar-refractivity contribution in [2.75, 3.05) is 64.2 Å². The highest BCUT2D eigenvalue weighted by atomic mass is 32.2. The number of fused-ring (bicyclic) bond motifs is 16. The predicted molar refractivity (Wildman–Crippen MR) is 346 cm³/mol. The molecule has 0 saturated carbocycles. The molecule has 0 unspecified atom stereocenters. The molecule has 4 aromatic rings. The van der Waals surface area contributed by atoms with E-state index < -0.39 is 118 Å². The lowest BCUT2D eigenvalue weighted by Crippen LogP contribution is -2.71. The molecule has 2 fully saturated rings. The van der Waals surface area contributed by atoms with Gasteiger partial charge in [0, 0.05) is 122 Å². The number of methoxy groups -OCH3 is 1. The Morgan fingerprint density at radius 3 is 2.37 bits per heavy atom. The summed E-state index contributed by atoms with van der Waals surface area (Å²) in [5, 5.41) is 86.6. The number of phenolic OH excluding ortho intramolecular Hbond substituents is 3. The molecule has 8 heterocycles. The van der Waals surface area contributed by atoms with E-state index in [0.717, 1.165) is 43.7 Å². The number of carbonyl (C=O) groups excluding carboxylic acids is 6. The van der Waals surface area contributed by atoms with Crippen LogP contribution in [0.3, 0.4) is 0 Å². The number of esters is 1. The number of aromatic hydroxyl groups is 3. The molecular formula is C65H80N10O17S2. The number of likely N-dealkylation sites (N-methyl/N-ethyl adjacent to an activating group) is 1. The predicted octanol–water partition coefficient (Wildman–Crippen LogP) is 3.29. The zero-order chi connectivity index (χ0) is 68.4. The van der Waals surface area contributed by atoms with Crippen LogP contribution in [0.15, 0.2) is 81.4 Å². The molecule has 5 bridgehead atoms. The van der Waals surface area contributed by atoms with Gasteiger partial charge in [-0.3, -0.25) is 33.9 Å². The molecule has 94 heavy (non-hydrogen) atoms. The number of nitrogens with two attached hydrogens (primary N) is 1. The number of phenols is 3. The number of thioether (sulfide) groups is 1. The fraction of sp³-hybridized carbons (Fsp3) is 0.477. The van der Waals surface area contributed by atoms with Gasteiger partial charge in [-0.25, -0.2) is 4.98 Å². The van der Waals surface area contributed by atoms with E-state index in [4.69, 9.17) is 29.5 Å². The zero-order valence-corrected chi connectivity index (χ0v) is 55.7. The molecule has 2 aromatic carbocycles. The lowest BCUT2D eigenvalue weighted by molar-refractivity contribution is -0.696. The second-order valence-corrected chi connectivity index (χ2v) is 26.4. The van der Waals surface area contributed by atoms with Crippen molar-refractivity contribution < 1.29 is 87.8 Å². The number of allylic oxidation sites excluding steroid dienone is 2. The number of aromatic nitrogens is 2. The maximum absolute atomic E-state index is 14.4. The average molecular weight is 1340 g/mol. The van der Waals surface area contributed by atoms with Crippen molar-refractivity contribution in [3.63, 3.8) is 0 Å². The minimum Gasteiger partial charge on any atom is -0.543 e. The number of benzene rings is 2. The lowest BCUT2D eigenvalue weighted by atomic mass is 9.78. The van der Waals surface area contributed by atoms with Gasteiger partial charge in [0.05, 0.1) is 64.7 Å². The third-order valence-electron chi connectivity index (χ3n) is 18.1. The van der Waals surface area contributed by atoms with Crippen LogP contribution in [0, 0.1) is 30.6 Å². The SMILES string of the molecule is CO/N=C(\C(=O)N[C@@H]1C(=O)N2C(C(=O)[O-])=C(C[n+]3cccc4c3CCC4)CS[C@H]12)c1csc(N)n1.CO[C@H]1/C=C/O[C@@]2(C)Oc3c(C)c(O)c4c(O)c(c(/C=N/N5CCN(C)CC5)c(O)c4c3C2=O)NC(=O)/C(C)=C\C=C\[C@H](C)[C@H](O)[C@@H](C)[C@@H](O)[C@@H](C)[C@H](OC(C)=O)[C@@H]1C. The highest BCUT2D eigenvalue weighted by molar-refractivity contribution is 8.00. The van der Waals surface area contributed by atoms with Crippen molar-refractivity contribution in [1.82, 2.24) is 25.1 Å². The van der Waals surface area contributed by atoms with Crippen molar-refractivity contribution in [2.24, 2.45) is 33.9 Å². The first kappa shape index (κ1) is 69.7. The second kappa shape index (κ2) is 28.9. The molecule has 1 aliphatic carbocycles. The maximum Gasteiger partial charge on any atom is 0.312 e. The number of aliphatic hydroxyl groups is 2. The number of nitrogen functional groups attached to an aromatic ring is 1. The Kier molecular flexibility index (Phi) is 21.5. The first-order chi connectivity index (χ1) is 44.6. The standard InChI is InChI=1S/C43H58N4O12.C22H22N6O5S2/c1-21-12-11-13-22(2)42(55)45-33-28(20-44-47-17-15-46(9)16-18-47)37(52)30-31(38(33)53)36(51)26(6)40-32(30)41(54)43(8,59-40)57-19-14-29(56-10)23(3)39(58-27(7)48)25(5)35(50)24(4)34(21)49;1-33-26-15(13-10-35-22(23)24-13)18(29)25-16-19(30)28-17(21(31)32)12(9-34-20(16)28)8-27-7-3-5-11-4-2-6-14(11)27/h11-14,19-21,23-25,29,34-35,39,49-53H,15-18H2,1-10H3,(H,45,55);3,5,7,10,16,20H,2,4,6,8-9H2,1H3,(H3-,23,24,25,29,31,32)/b12-11+,19-14+,22-13-,44-20+;26-15-/t21-,23+,24+,25+,29-,34-,35+,39+,43-;16-,20-/m01/s1. The van der Waals surface area contributed by atoms with Crippen LogP contribution in [0.5, 0.6) is 23.0 Å². The number of hydrogen-bond donors (Lipinski definition) is 8. The third-order valence-corrected chi connectivity index (χ3v) is 20.1. The average Bonchev–Trinajstić information content (AvgIpc) is 1.41. The number of aliphatic carboxylic acids is 1. The summed E-state index contributed by atoms with van der Waals surface area (Å²) in [7, 11) is 4.71. The van der Waals surface area contributed by atoms with Crippen LogP contribution < -0.4 is 30.8 Å². The van der Waals surface area contributed by atoms with Gasteiger partial charge in [-0.15, -0.1) is 23.1 Å². The number of anilines is 2. The topological polar surface area (TPSA) is 374 Å². The minimum absolute atomic E-state index is 0.0559. The van der Waals surface area contributed by atoms with Crippen molar-refractivity contribution in [1.29, 1.82) is 0 Å². The Bertz CT molecular complexity index is 3840. The molecule has 3 amide bonds. The Labute approximate surface area is 551 Å². The number of oxime groups is 1. The van der Waals surface area contributed by atoms with Gasteiger partial charge >= 0.3 is 11.8 Å². The number of thiazole rings is 1. The lowest BCUT2D eigenvalue weighted by Gasteiger charge is -2.50. The first-order valence-electron chi connectivity index (χ1n) is 30.7. The molecule has 29 heteroatoms. The minimum atomic E-state index is -2.04. The van der Waals surface area contributed by atoms with Crippen LogP contribution in [0.2, 0.25) is 0 Å². The Hall–Kier alpha value is -8.61. The molecular weight excluding hydrogens is 1260 g/mol. The molecule has 11 rings (SSSR count). The maximum atomic E-state index is 14.4. The van der Waals surface area contributed by atoms with Crippen molar-refractivity contribution in [3.8, 4) is 23.0 Å². The van der Waals surface area contributed by atoms with Crippen molar-refractivity contribution in [2.45, 2.75) is 123 Å². The molecule has 9 N–H and O–H groups in total. The number of β-lactam (4-membered cyclic amide) rings is 1. The number of pyridine rings is 1. The number of carbonyl (C=O) groups is 6. The summed E-state index contributed by atoms with van der Waals surface area (Å²) >= 11 is 2.53. The number of hydrazone groups is 1. The number of ether oxygens (including phenoxy) is 4. The highest BCUT2D eigenvalue weighted by Gasteiger charge is 2.54. The van der Waals surface area contributed by atoms with Gasteiger partial charge in [0.1, 0.15) is 47.6 Å². The normalized spacial score (nSPS) is 28.1. The number of nitrogens with zero attached hydrogens (tertiary/aromatic N) is 7. The second-order valence-electron chi connectivity index (χ2n) is 24.4. The zero-order valence-electron chi connectivity index (χ0n) is 54.1. The van der Waals surface area contributed by atoms with E-state index >= 15 is 0 Å². The van der Waals surface area contributed by atoms with Crippen LogP contribution in [0.1, 0.15) is 93.3 Å². The van der Waals surface area contributed by atoms with E-state index in [-0.39, 0.29) is 66.7 Å². The third kappa shape index (κ3) is 14.0. The van der Waals surface area contributed by atoms with Gasteiger partial charge in [0.15, 0.2) is 35.0 Å². The smallest absolute Gasteiger partial charge is 0.312 e. The molecule has 2 saturated heterocycles. The number of carboxylic acid groups (broad SMARTS) is 1. The van der Waals surface area contributed by atoms with Crippen LogP contribution in [0.25, 0.3) is 10.8 Å². The summed E-state index contributed by atoms with van der Waals surface area (Å²) in [4.78, 5) is 90.6. The number of carboxylic acids is 1. The van der Waals surface area contributed by atoms with E-state index in [0.29, 0.717) is 31.0 Å². The Morgan fingerprint density at radius 1 is 0.989 bits per heavy atom. The van der Waals surface area contributed by atoms with Gasteiger partial charge in [0.2, 0.25) is 0 Å². The van der Waals surface area contributed by atoms with Crippen molar-refractivity contribution in [3.05, 3.63) is 105 Å². The van der Waals surface area contributed by atoms with Crippen LogP contribution in [0.4, 0.5) is 10.8 Å². The first-order valence-corrected chi connectivity index (χ1v) is 32.6. The molecule has 504 valence electrons. The van der Waals surface area contributed by atoms with Gasteiger partial charge in [-0.05, 0) is 45.9 Å². The van der Waals surface area contributed by atoms with Crippen LogP contribution in [-0.4, -0.2) is 188 Å². The molecule has 2 aromatic heterocycles. The van der Waals surface area contributed by atoms with E-state index in [9.17, 15) is 59.4 Å². The van der Waals surface area contributed by atoms with Gasteiger partial charge in [-0.2, -0.15) is 9.67 Å². The van der Waals surface area contributed by atoms with E-state index in [1.54, 1.807) is 50.2 Å². The number of nitrogens with one attached hydrogen (secondary N) is 2. The summed E-state index contributed by atoms with van der Waals surface area (Å²) in [5.74, 6) is -10.6. The molecule has 6 aliphatic heterocycles. The van der Waals surface area contributed by atoms with Crippen LogP contribution in [-0.2, 0) is 62.4 Å². The molecule has 0 spiro atoms. The summed E-state index contributed by atoms with van der Waals surface area (Å²) in [6.07, 6.45) is 9.80. The quantitative estimate of drug-likeness (QED) is 0.0203. The molecule has 11 atom stereocenters. The molecule has 0 radical (unpaired) electrons. The fourth-order valence-electron chi connectivity index (χ4n) is 12.6. The number of Topliss-reactive ketones (excluding diaryl/α,β-unsaturated/α-hetero) is 1. The summed E-state index contributed by atoms with van der Waals surface area (Å²) in [5.41, 5.74) is 8.34. The number of rotatable bonds is 11. The van der Waals surface area contributed by atoms with E-state index in [2.05, 4.69) is 41.4 Å². The van der Waals surface area contributed by atoms with Gasteiger partial charge in [-0.1, -0.05) is 51.1 Å². The Balaban J connectivity index is 0.000000251. The number of piperazine rings is 1. The van der Waals surface area contributed by atoms with Crippen LogP contribution >= 0.6 is 23.1 Å². The van der Waals surface area contributed by atoms with Gasteiger partial charge in [0.25, 0.3) is 23.5 Å². The van der Waals surface area contributed by atoms with E-state index in [1.165, 1.54) is 94.5 Å². The summed E-state index contributed by atoms with van der Waals surface area (Å²) < 4.78 is 25.7. The van der Waals surface area contributed by atoms with E-state index in [1.807, 2.05) is 19.3 Å². The Morgan fingerprint density at radius 2 is 1.71 bits per heavy atom. The monoisotopic (exact) mass is 1340 g/mol. The number of ketones is 1. The number of aryl methyl sites for hydroxylation is 1. The molecule has 27 nitrogen and oxygen atoms in total. The largest absolute Gasteiger partial charge is 0.543 e. The summed E-state index contributed by atoms with van der Waals surface area (Å²) in [6.45, 7) is 15.5. The number of aliphatic hydroxyl groups excluding tert-OH is 2. The summed E-state index contributed by atoms with van der Waals surface area (Å²) in [6, 6.07) is 3.12. The van der Waals surface area contributed by atoms with Gasteiger partial charge < -0.3 is 80.5 Å².